The zero-order valence-electron chi connectivity index (χ0n) is 17.5. The van der Waals surface area contributed by atoms with Gasteiger partial charge in [-0.3, -0.25) is 4.98 Å². The van der Waals surface area contributed by atoms with Gasteiger partial charge in [0.2, 0.25) is 0 Å². The highest BCUT2D eigenvalue weighted by Gasteiger charge is 2.34. The molecule has 5 nitrogen and oxygen atoms in total. The Morgan fingerprint density at radius 2 is 1.82 bits per heavy atom. The van der Waals surface area contributed by atoms with Crippen molar-refractivity contribution in [3.8, 4) is 5.75 Å². The molecule has 1 unspecified atom stereocenters. The van der Waals surface area contributed by atoms with Crippen molar-refractivity contribution in [2.45, 2.75) is 44.1 Å². The van der Waals surface area contributed by atoms with Crippen molar-refractivity contribution in [2.24, 2.45) is 5.73 Å². The van der Waals surface area contributed by atoms with Gasteiger partial charge in [-0.25, -0.2) is 8.78 Å². The molecule has 1 aliphatic carbocycles. The second-order valence-corrected chi connectivity index (χ2v) is 7.77. The van der Waals surface area contributed by atoms with Crippen LogP contribution in [0.2, 0.25) is 0 Å². The number of fused-ring (bicyclic) bond motifs is 1. The van der Waals surface area contributed by atoms with Gasteiger partial charge in [0.15, 0.2) is 0 Å². The quantitative estimate of drug-likeness (QED) is 0.412. The number of aliphatic hydroxyl groups excluding tert-OH is 1. The number of nitrogens with zero attached hydrogens (tertiary/aromatic N) is 1. The molecule has 5 N–H and O–H groups in total. The van der Waals surface area contributed by atoms with E-state index in [1.807, 2.05) is 0 Å². The number of nitrogens with two attached hydrogens (primary N) is 1. The van der Waals surface area contributed by atoms with Crippen molar-refractivity contribution in [1.82, 2.24) is 10.3 Å². The Labute approximate surface area is 187 Å². The van der Waals surface area contributed by atoms with E-state index in [1.165, 1.54) is 12.5 Å². The smallest absolute Gasteiger partial charge is 0.419 e. The molecule has 0 amide bonds. The highest BCUT2D eigenvalue weighted by Crippen LogP contribution is 2.33. The molecule has 1 heterocycles. The number of halogens is 5. The Morgan fingerprint density at radius 1 is 1.09 bits per heavy atom. The normalized spacial score (nSPS) is 15.0. The standard InChI is InChI=1S/C16H20FN3O.C7H4F4O/c17-15-6-12(16(21)7-18)13-8-19-5-4-11(13)14(15)9-20-10-2-1-3-10;8-6-2-1-4(12)3-5(6)7(9,10)11/h4-6,8,10,16,20-21H,1-3,7,9,18H2;1-3,12H. The molecular weight excluding hydrogens is 445 g/mol. The molecule has 0 bridgehead atoms. The van der Waals surface area contributed by atoms with Crippen LogP contribution in [0.5, 0.6) is 5.75 Å². The van der Waals surface area contributed by atoms with Gasteiger partial charge in [0.25, 0.3) is 0 Å². The van der Waals surface area contributed by atoms with Crippen LogP contribution in [0, 0.1) is 11.6 Å². The zero-order chi connectivity index (χ0) is 24.2. The number of hydrogen-bond donors (Lipinski definition) is 4. The van der Waals surface area contributed by atoms with Gasteiger partial charge >= 0.3 is 6.18 Å². The van der Waals surface area contributed by atoms with E-state index in [2.05, 4.69) is 10.3 Å². The number of benzene rings is 2. The molecule has 1 aromatic heterocycles. The van der Waals surface area contributed by atoms with E-state index in [9.17, 15) is 27.1 Å². The molecule has 178 valence electrons. The second kappa shape index (κ2) is 10.4. The summed E-state index contributed by atoms with van der Waals surface area (Å²) in [5.74, 6) is -2.30. The fraction of sp³-hybridized carbons (Fsp3) is 0.348. The van der Waals surface area contributed by atoms with Gasteiger partial charge in [0.05, 0.1) is 11.7 Å². The number of pyridine rings is 1. The first-order chi connectivity index (χ1) is 15.6. The van der Waals surface area contributed by atoms with Crippen molar-refractivity contribution in [3.05, 3.63) is 71.1 Å². The third kappa shape index (κ3) is 5.95. The summed E-state index contributed by atoms with van der Waals surface area (Å²) < 4.78 is 62.5. The minimum Gasteiger partial charge on any atom is -0.508 e. The highest BCUT2D eigenvalue weighted by molar-refractivity contribution is 5.88. The first kappa shape index (κ1) is 24.8. The van der Waals surface area contributed by atoms with E-state index in [4.69, 9.17) is 10.8 Å². The molecule has 1 fully saturated rings. The second-order valence-electron chi connectivity index (χ2n) is 7.77. The average molecular weight is 469 g/mol. The van der Waals surface area contributed by atoms with Crippen molar-refractivity contribution in [1.29, 1.82) is 0 Å². The summed E-state index contributed by atoms with van der Waals surface area (Å²) >= 11 is 0. The van der Waals surface area contributed by atoms with Crippen LogP contribution in [0.25, 0.3) is 10.8 Å². The third-order valence-corrected chi connectivity index (χ3v) is 5.54. The van der Waals surface area contributed by atoms with Crippen molar-refractivity contribution in [3.63, 3.8) is 0 Å². The number of alkyl halides is 3. The lowest BCUT2D eigenvalue weighted by Gasteiger charge is -2.27. The van der Waals surface area contributed by atoms with Crippen LogP contribution < -0.4 is 11.1 Å². The lowest BCUT2D eigenvalue weighted by molar-refractivity contribution is -0.140. The average Bonchev–Trinajstić information content (AvgIpc) is 2.74. The van der Waals surface area contributed by atoms with Crippen LogP contribution in [-0.4, -0.2) is 27.8 Å². The molecule has 1 aliphatic rings. The Kier molecular flexibility index (Phi) is 7.83. The van der Waals surface area contributed by atoms with E-state index in [0.717, 1.165) is 29.7 Å². The van der Waals surface area contributed by atoms with Crippen LogP contribution in [0.4, 0.5) is 22.0 Å². The monoisotopic (exact) mass is 469 g/mol. The summed E-state index contributed by atoms with van der Waals surface area (Å²) in [5, 5.41) is 23.5. The van der Waals surface area contributed by atoms with Crippen LogP contribution in [0.1, 0.15) is 42.1 Å². The third-order valence-electron chi connectivity index (χ3n) is 5.54. The fourth-order valence-electron chi connectivity index (χ4n) is 3.49. The van der Waals surface area contributed by atoms with Gasteiger partial charge in [-0.05, 0) is 54.1 Å². The summed E-state index contributed by atoms with van der Waals surface area (Å²) in [6, 6.07) is 5.44. The van der Waals surface area contributed by atoms with Crippen molar-refractivity contribution in [2.75, 3.05) is 6.54 Å². The number of phenolic OH excluding ortho intramolecular Hbond substituents is 1. The van der Waals surface area contributed by atoms with Gasteiger partial charge in [-0.1, -0.05) is 6.42 Å². The minimum atomic E-state index is -4.76. The van der Waals surface area contributed by atoms with E-state index >= 15 is 0 Å². The maximum atomic E-state index is 14.4. The van der Waals surface area contributed by atoms with E-state index in [0.29, 0.717) is 35.8 Å². The Bertz CT molecular complexity index is 1100. The lowest BCUT2D eigenvalue weighted by Crippen LogP contribution is -2.34. The van der Waals surface area contributed by atoms with Gasteiger partial charge in [0, 0.05) is 42.5 Å². The van der Waals surface area contributed by atoms with Crippen LogP contribution >= 0.6 is 0 Å². The minimum absolute atomic E-state index is 0.0586. The molecule has 33 heavy (non-hydrogen) atoms. The zero-order valence-corrected chi connectivity index (χ0v) is 17.5. The lowest BCUT2D eigenvalue weighted by atomic mass is 9.92. The number of rotatable bonds is 5. The summed E-state index contributed by atoms with van der Waals surface area (Å²) in [6.07, 6.45) is 1.23. The molecular formula is C23H24F5N3O2. The van der Waals surface area contributed by atoms with Crippen LogP contribution in [0.3, 0.4) is 0 Å². The summed E-state index contributed by atoms with van der Waals surface area (Å²) in [6.45, 7) is 0.555. The predicted octanol–water partition coefficient (Wildman–Crippen LogP) is 4.56. The summed E-state index contributed by atoms with van der Waals surface area (Å²) in [4.78, 5) is 4.09. The molecule has 0 saturated heterocycles. The highest BCUT2D eigenvalue weighted by atomic mass is 19.4. The number of hydrogen-bond acceptors (Lipinski definition) is 5. The number of aromatic hydroxyl groups is 1. The number of aliphatic hydroxyl groups is 1. The Hall–Kier alpha value is -2.82. The first-order valence-corrected chi connectivity index (χ1v) is 10.3. The largest absolute Gasteiger partial charge is 0.508 e. The molecule has 1 atom stereocenters. The Balaban J connectivity index is 0.000000218. The fourth-order valence-corrected chi connectivity index (χ4v) is 3.49. The summed E-state index contributed by atoms with van der Waals surface area (Å²) in [5.41, 5.74) is 5.18. The molecule has 4 rings (SSSR count). The summed E-state index contributed by atoms with van der Waals surface area (Å²) in [7, 11) is 0. The van der Waals surface area contributed by atoms with Gasteiger partial charge in [0.1, 0.15) is 17.4 Å². The molecule has 0 spiro atoms. The van der Waals surface area contributed by atoms with Gasteiger partial charge in [-0.15, -0.1) is 0 Å². The number of phenols is 1. The van der Waals surface area contributed by atoms with E-state index in [1.54, 1.807) is 18.5 Å². The Morgan fingerprint density at radius 3 is 2.39 bits per heavy atom. The molecule has 0 radical (unpaired) electrons. The van der Waals surface area contributed by atoms with Crippen molar-refractivity contribution < 1.29 is 32.2 Å². The maximum absolute atomic E-state index is 14.4. The molecule has 10 heteroatoms. The number of nitrogens with one attached hydrogen (secondary N) is 1. The van der Waals surface area contributed by atoms with Crippen LogP contribution in [-0.2, 0) is 12.7 Å². The predicted molar refractivity (Wildman–Crippen MR) is 113 cm³/mol. The van der Waals surface area contributed by atoms with Gasteiger partial charge in [-0.2, -0.15) is 13.2 Å². The molecule has 0 aliphatic heterocycles. The van der Waals surface area contributed by atoms with Gasteiger partial charge < -0.3 is 21.3 Å². The van der Waals surface area contributed by atoms with Crippen LogP contribution in [0.15, 0.2) is 42.7 Å². The topological polar surface area (TPSA) is 91.4 Å². The maximum Gasteiger partial charge on any atom is 0.419 e. The first-order valence-electron chi connectivity index (χ1n) is 10.3. The molecule has 2 aromatic carbocycles. The van der Waals surface area contributed by atoms with Crippen molar-refractivity contribution >= 4 is 10.8 Å². The molecule has 1 saturated carbocycles. The number of aromatic nitrogens is 1. The molecule has 3 aromatic rings. The van der Waals surface area contributed by atoms with E-state index < -0.39 is 29.4 Å². The van der Waals surface area contributed by atoms with E-state index in [-0.39, 0.29) is 12.4 Å². The SMILES string of the molecule is NCC(O)c1cc(F)c(CNC2CCC2)c2ccncc12.Oc1ccc(F)c(C(F)(F)F)c1.